The third kappa shape index (κ3) is 4.44. The Kier molecular flexibility index (Phi) is 5.48. The fraction of sp³-hybridized carbons (Fsp3) is 0.182. The Balaban J connectivity index is 1.66. The zero-order chi connectivity index (χ0) is 22.1. The van der Waals surface area contributed by atoms with Crippen molar-refractivity contribution in [2.45, 2.75) is 26.2 Å². The molecular formula is C22H20ClN5O3. The molecule has 2 aromatic carbocycles. The van der Waals surface area contributed by atoms with Crippen molar-refractivity contribution in [1.29, 1.82) is 0 Å². The number of fused-ring (bicyclic) bond motifs is 1. The number of carbonyl (C=O) groups excluding carboxylic acids is 2. The Morgan fingerprint density at radius 3 is 2.74 bits per heavy atom. The van der Waals surface area contributed by atoms with E-state index in [4.69, 9.17) is 11.6 Å². The van der Waals surface area contributed by atoms with Crippen LogP contribution in [0.5, 0.6) is 0 Å². The molecule has 0 aliphatic carbocycles. The number of rotatable bonds is 4. The summed E-state index contributed by atoms with van der Waals surface area (Å²) in [6, 6.07) is 12.6. The van der Waals surface area contributed by atoms with E-state index in [1.165, 1.54) is 0 Å². The average molecular weight is 438 g/mol. The smallest absolute Gasteiger partial charge is 0.258 e. The number of anilines is 4. The van der Waals surface area contributed by atoms with Gasteiger partial charge in [0.25, 0.3) is 5.56 Å². The summed E-state index contributed by atoms with van der Waals surface area (Å²) in [5.74, 6) is -1.60. The summed E-state index contributed by atoms with van der Waals surface area (Å²) < 4.78 is 0. The standard InChI is InChI=1S/C22H20ClN5O3/c1-11-6-7-12(2)16(8-11)25-20(30)15-10-17(29)26-19-18(15)21(31)28-22(27-19)24-14-5-3-4-13(23)9-14/h3-9,15H,10H2,1-2H3,(H,25,30)(H3,24,26,27,28,29,31). The molecule has 1 aliphatic heterocycles. The van der Waals surface area contributed by atoms with Crippen molar-refractivity contribution in [1.82, 2.24) is 9.97 Å². The Labute approximate surface area is 183 Å². The molecule has 4 rings (SSSR count). The second-order valence-corrected chi connectivity index (χ2v) is 7.86. The first kappa shape index (κ1) is 20.6. The Morgan fingerprint density at radius 2 is 1.97 bits per heavy atom. The zero-order valence-corrected chi connectivity index (χ0v) is 17.6. The van der Waals surface area contributed by atoms with Crippen LogP contribution < -0.4 is 21.5 Å². The second kappa shape index (κ2) is 8.23. The number of benzene rings is 2. The molecule has 4 N–H and O–H groups in total. The topological polar surface area (TPSA) is 116 Å². The fourth-order valence-electron chi connectivity index (χ4n) is 3.45. The Bertz CT molecular complexity index is 1250. The van der Waals surface area contributed by atoms with E-state index in [0.717, 1.165) is 11.1 Å². The van der Waals surface area contributed by atoms with Crippen molar-refractivity contribution >= 4 is 46.6 Å². The summed E-state index contributed by atoms with van der Waals surface area (Å²) in [6.45, 7) is 3.79. The van der Waals surface area contributed by atoms with Crippen molar-refractivity contribution in [2.24, 2.45) is 0 Å². The number of halogens is 1. The zero-order valence-electron chi connectivity index (χ0n) is 16.9. The minimum atomic E-state index is -0.958. The second-order valence-electron chi connectivity index (χ2n) is 7.42. The molecule has 31 heavy (non-hydrogen) atoms. The summed E-state index contributed by atoms with van der Waals surface area (Å²) in [5, 5.41) is 8.89. The van der Waals surface area contributed by atoms with Crippen molar-refractivity contribution in [3.05, 3.63) is 74.5 Å². The highest BCUT2D eigenvalue weighted by molar-refractivity contribution is 6.30. The number of aryl methyl sites for hydroxylation is 2. The van der Waals surface area contributed by atoms with Crippen molar-refractivity contribution in [3.8, 4) is 0 Å². The van der Waals surface area contributed by atoms with E-state index in [9.17, 15) is 14.4 Å². The van der Waals surface area contributed by atoms with Gasteiger partial charge in [0.05, 0.1) is 11.5 Å². The summed E-state index contributed by atoms with van der Waals surface area (Å²) in [5.41, 5.74) is 2.74. The summed E-state index contributed by atoms with van der Waals surface area (Å²) in [6.07, 6.45) is -0.143. The monoisotopic (exact) mass is 437 g/mol. The van der Waals surface area contributed by atoms with Crippen LogP contribution in [0.25, 0.3) is 0 Å². The van der Waals surface area contributed by atoms with Gasteiger partial charge in [0.2, 0.25) is 17.8 Å². The predicted octanol–water partition coefficient (Wildman–Crippen LogP) is 3.85. The van der Waals surface area contributed by atoms with Gasteiger partial charge >= 0.3 is 0 Å². The molecule has 9 heteroatoms. The lowest BCUT2D eigenvalue weighted by atomic mass is 9.92. The van der Waals surface area contributed by atoms with Gasteiger partial charge in [-0.3, -0.25) is 19.4 Å². The third-order valence-electron chi connectivity index (χ3n) is 5.01. The molecule has 2 amide bonds. The maximum Gasteiger partial charge on any atom is 0.258 e. The van der Waals surface area contributed by atoms with Crippen LogP contribution in [-0.4, -0.2) is 21.8 Å². The lowest BCUT2D eigenvalue weighted by Crippen LogP contribution is -2.36. The number of nitrogens with one attached hydrogen (secondary N) is 4. The normalized spacial score (nSPS) is 15.1. The van der Waals surface area contributed by atoms with Gasteiger partial charge < -0.3 is 16.0 Å². The first-order valence-corrected chi connectivity index (χ1v) is 10.0. The summed E-state index contributed by atoms with van der Waals surface area (Å²) in [7, 11) is 0. The van der Waals surface area contributed by atoms with Gasteiger partial charge in [-0.2, -0.15) is 4.98 Å². The molecule has 3 aromatic rings. The van der Waals surface area contributed by atoms with Crippen molar-refractivity contribution in [3.63, 3.8) is 0 Å². The van der Waals surface area contributed by atoms with Crippen LogP contribution in [0.2, 0.25) is 5.02 Å². The minimum absolute atomic E-state index is 0.0608. The molecule has 0 saturated carbocycles. The number of amides is 2. The molecule has 2 heterocycles. The van der Waals surface area contributed by atoms with Crippen LogP contribution in [0.15, 0.2) is 47.3 Å². The first-order valence-electron chi connectivity index (χ1n) is 9.65. The molecule has 1 aliphatic rings. The van der Waals surface area contributed by atoms with Gasteiger partial charge in [-0.1, -0.05) is 29.8 Å². The number of hydrogen-bond acceptors (Lipinski definition) is 5. The summed E-state index contributed by atoms with van der Waals surface area (Å²) in [4.78, 5) is 45.0. The van der Waals surface area contributed by atoms with Gasteiger partial charge in [-0.15, -0.1) is 0 Å². The van der Waals surface area contributed by atoms with Crippen LogP contribution in [0.3, 0.4) is 0 Å². The molecule has 158 valence electrons. The fourth-order valence-corrected chi connectivity index (χ4v) is 3.64. The van der Waals surface area contributed by atoms with Crippen LogP contribution in [0, 0.1) is 13.8 Å². The van der Waals surface area contributed by atoms with Crippen LogP contribution in [0.1, 0.15) is 29.0 Å². The number of aromatic amines is 1. The molecule has 1 aromatic heterocycles. The largest absolute Gasteiger partial charge is 0.326 e. The SMILES string of the molecule is Cc1ccc(C)c(NC(=O)C2CC(=O)Nc3nc(Nc4cccc(Cl)c4)[nH]c(=O)c32)c1. The van der Waals surface area contributed by atoms with Crippen molar-refractivity contribution < 1.29 is 9.59 Å². The molecule has 0 fully saturated rings. The summed E-state index contributed by atoms with van der Waals surface area (Å²) >= 11 is 5.98. The predicted molar refractivity (Wildman–Crippen MR) is 120 cm³/mol. The molecule has 0 spiro atoms. The van der Waals surface area contributed by atoms with Gasteiger partial charge in [0.15, 0.2) is 0 Å². The molecular weight excluding hydrogens is 418 g/mol. The average Bonchev–Trinajstić information content (AvgIpc) is 2.69. The Hall–Kier alpha value is -3.65. The van der Waals surface area contributed by atoms with Gasteiger partial charge in [0.1, 0.15) is 5.82 Å². The highest BCUT2D eigenvalue weighted by Gasteiger charge is 2.35. The van der Waals surface area contributed by atoms with E-state index in [2.05, 4.69) is 25.9 Å². The number of nitrogens with zero attached hydrogens (tertiary/aromatic N) is 1. The van der Waals surface area contributed by atoms with E-state index in [1.54, 1.807) is 24.3 Å². The lowest BCUT2D eigenvalue weighted by molar-refractivity contribution is -0.123. The van der Waals surface area contributed by atoms with Gasteiger partial charge in [-0.25, -0.2) is 0 Å². The number of hydrogen-bond donors (Lipinski definition) is 4. The van der Waals surface area contributed by atoms with E-state index in [1.807, 2.05) is 32.0 Å². The van der Waals surface area contributed by atoms with Crippen LogP contribution in [0.4, 0.5) is 23.1 Å². The molecule has 1 unspecified atom stereocenters. The highest BCUT2D eigenvalue weighted by atomic mass is 35.5. The first-order chi connectivity index (χ1) is 14.8. The molecule has 8 nitrogen and oxygen atoms in total. The third-order valence-corrected chi connectivity index (χ3v) is 5.24. The number of H-pyrrole nitrogens is 1. The number of aromatic nitrogens is 2. The van der Waals surface area contributed by atoms with E-state index < -0.39 is 17.4 Å². The van der Waals surface area contributed by atoms with Gasteiger partial charge in [-0.05, 0) is 49.2 Å². The molecule has 0 saturated heterocycles. The van der Waals surface area contributed by atoms with E-state index >= 15 is 0 Å². The maximum absolute atomic E-state index is 13.0. The molecule has 0 bridgehead atoms. The lowest BCUT2D eigenvalue weighted by Gasteiger charge is -2.24. The van der Waals surface area contributed by atoms with Crippen molar-refractivity contribution in [2.75, 3.05) is 16.0 Å². The molecule has 0 radical (unpaired) electrons. The van der Waals surface area contributed by atoms with Crippen LogP contribution >= 0.6 is 11.6 Å². The number of carbonyl (C=O) groups is 2. The van der Waals surface area contributed by atoms with Gasteiger partial charge in [0, 0.05) is 22.8 Å². The van der Waals surface area contributed by atoms with E-state index in [-0.39, 0.29) is 29.7 Å². The quantitative estimate of drug-likeness (QED) is 0.494. The van der Waals surface area contributed by atoms with Crippen LogP contribution in [-0.2, 0) is 9.59 Å². The highest BCUT2D eigenvalue weighted by Crippen LogP contribution is 2.31. The minimum Gasteiger partial charge on any atom is -0.326 e. The Morgan fingerprint density at radius 1 is 1.16 bits per heavy atom. The molecule has 1 atom stereocenters. The maximum atomic E-state index is 13.0. The van der Waals surface area contributed by atoms with E-state index in [0.29, 0.717) is 16.4 Å².